The van der Waals surface area contributed by atoms with E-state index in [4.69, 9.17) is 4.74 Å². The van der Waals surface area contributed by atoms with Crippen molar-refractivity contribution in [2.75, 3.05) is 6.61 Å². The predicted molar refractivity (Wildman–Crippen MR) is 80.6 cm³/mol. The number of rotatable bonds is 3. The number of carboxylic acid groups (broad SMARTS) is 1. The molecule has 0 spiro atoms. The summed E-state index contributed by atoms with van der Waals surface area (Å²) in [6.07, 6.45) is 0.996. The first-order chi connectivity index (χ1) is 10.1. The molecule has 21 heavy (non-hydrogen) atoms. The van der Waals surface area contributed by atoms with Crippen LogP contribution in [0.3, 0.4) is 0 Å². The summed E-state index contributed by atoms with van der Waals surface area (Å²) in [6, 6.07) is 15.6. The number of carbonyl (C=O) groups is 1. The Morgan fingerprint density at radius 2 is 1.90 bits per heavy atom. The summed E-state index contributed by atoms with van der Waals surface area (Å²) >= 11 is 0. The summed E-state index contributed by atoms with van der Waals surface area (Å²) < 4.78 is 5.73. The molecular weight excluding hydrogens is 264 g/mol. The fraction of sp³-hybridized carbons (Fsp3) is 0.278. The fourth-order valence-corrected chi connectivity index (χ4v) is 2.92. The molecule has 108 valence electrons. The van der Waals surface area contributed by atoms with Gasteiger partial charge in [-0.3, -0.25) is 4.79 Å². The highest BCUT2D eigenvalue weighted by atomic mass is 16.5. The van der Waals surface area contributed by atoms with E-state index in [1.165, 1.54) is 0 Å². The van der Waals surface area contributed by atoms with Crippen LogP contribution in [0.25, 0.3) is 0 Å². The maximum Gasteiger partial charge on any atom is 0.313 e. The second kappa shape index (κ2) is 5.24. The number of fused-ring (bicyclic) bond motifs is 1. The molecule has 0 radical (unpaired) electrons. The number of hydrogen-bond acceptors (Lipinski definition) is 2. The van der Waals surface area contributed by atoms with Crippen LogP contribution in [0.1, 0.15) is 16.7 Å². The lowest BCUT2D eigenvalue weighted by Crippen LogP contribution is -2.43. The van der Waals surface area contributed by atoms with Crippen molar-refractivity contribution in [1.82, 2.24) is 0 Å². The van der Waals surface area contributed by atoms with E-state index in [9.17, 15) is 9.90 Å². The van der Waals surface area contributed by atoms with Crippen molar-refractivity contribution in [1.29, 1.82) is 0 Å². The number of aryl methyl sites for hydroxylation is 1. The Kier molecular flexibility index (Phi) is 3.42. The monoisotopic (exact) mass is 282 g/mol. The Bertz CT molecular complexity index is 678. The number of ether oxygens (including phenoxy) is 1. The van der Waals surface area contributed by atoms with Gasteiger partial charge in [-0.25, -0.2) is 0 Å². The first kappa shape index (κ1) is 13.7. The van der Waals surface area contributed by atoms with Gasteiger partial charge < -0.3 is 9.84 Å². The van der Waals surface area contributed by atoms with E-state index < -0.39 is 11.4 Å². The van der Waals surface area contributed by atoms with Gasteiger partial charge in [0.2, 0.25) is 0 Å². The molecular formula is C18H18O3. The Morgan fingerprint density at radius 1 is 1.19 bits per heavy atom. The Morgan fingerprint density at radius 3 is 2.67 bits per heavy atom. The third kappa shape index (κ3) is 2.51. The fourth-order valence-electron chi connectivity index (χ4n) is 2.92. The minimum atomic E-state index is -0.888. The van der Waals surface area contributed by atoms with Crippen molar-refractivity contribution in [3.05, 3.63) is 65.2 Å². The molecule has 1 aliphatic rings. The molecule has 1 N–H and O–H groups in total. The van der Waals surface area contributed by atoms with Crippen molar-refractivity contribution in [2.45, 2.75) is 19.8 Å². The van der Waals surface area contributed by atoms with E-state index in [1.54, 1.807) is 0 Å². The van der Waals surface area contributed by atoms with E-state index in [2.05, 4.69) is 0 Å². The number of benzene rings is 2. The standard InChI is InChI=1S/C18H18O3/c1-13-6-2-3-7-14(13)10-18(17(19)20)11-15-8-4-5-9-16(15)21-12-18/h2-9H,10-12H2,1H3,(H,19,20). The van der Waals surface area contributed by atoms with Crippen molar-refractivity contribution >= 4 is 5.97 Å². The van der Waals surface area contributed by atoms with E-state index in [0.717, 1.165) is 22.4 Å². The zero-order chi connectivity index (χ0) is 14.9. The summed E-state index contributed by atoms with van der Waals surface area (Å²) in [5.41, 5.74) is 2.28. The van der Waals surface area contributed by atoms with Gasteiger partial charge in [0.15, 0.2) is 0 Å². The van der Waals surface area contributed by atoms with Gasteiger partial charge in [0.05, 0.1) is 0 Å². The van der Waals surface area contributed by atoms with Gasteiger partial charge in [-0.2, -0.15) is 0 Å². The Balaban J connectivity index is 1.96. The second-order valence-electron chi connectivity index (χ2n) is 5.76. The highest BCUT2D eigenvalue weighted by Gasteiger charge is 2.43. The van der Waals surface area contributed by atoms with Crippen LogP contribution in [-0.2, 0) is 17.6 Å². The maximum absolute atomic E-state index is 11.9. The number of para-hydroxylation sites is 1. The molecule has 0 aliphatic carbocycles. The lowest BCUT2D eigenvalue weighted by molar-refractivity contribution is -0.151. The summed E-state index contributed by atoms with van der Waals surface area (Å²) in [5.74, 6) is 0.0133. The van der Waals surface area contributed by atoms with Gasteiger partial charge in [0.1, 0.15) is 17.8 Å². The van der Waals surface area contributed by atoms with E-state index in [0.29, 0.717) is 12.8 Å². The molecule has 3 heteroatoms. The highest BCUT2D eigenvalue weighted by molar-refractivity contribution is 5.76. The molecule has 0 bridgehead atoms. The van der Waals surface area contributed by atoms with Crippen molar-refractivity contribution < 1.29 is 14.6 Å². The first-order valence-electron chi connectivity index (χ1n) is 7.09. The first-order valence-corrected chi connectivity index (χ1v) is 7.09. The Labute approximate surface area is 124 Å². The van der Waals surface area contributed by atoms with Crippen LogP contribution in [0.2, 0.25) is 0 Å². The van der Waals surface area contributed by atoms with Crippen molar-refractivity contribution in [3.8, 4) is 5.75 Å². The van der Waals surface area contributed by atoms with Crippen LogP contribution in [-0.4, -0.2) is 17.7 Å². The third-order valence-electron chi connectivity index (χ3n) is 4.25. The molecule has 0 saturated heterocycles. The number of carboxylic acids is 1. The molecule has 3 rings (SSSR count). The summed E-state index contributed by atoms with van der Waals surface area (Å²) in [6.45, 7) is 2.23. The molecule has 1 heterocycles. The quantitative estimate of drug-likeness (QED) is 0.940. The molecule has 1 unspecified atom stereocenters. The van der Waals surface area contributed by atoms with Gasteiger partial charge in [0, 0.05) is 0 Å². The van der Waals surface area contributed by atoms with Crippen LogP contribution < -0.4 is 4.74 Å². The molecule has 0 saturated carbocycles. The zero-order valence-electron chi connectivity index (χ0n) is 12.0. The average Bonchev–Trinajstić information content (AvgIpc) is 2.49. The average molecular weight is 282 g/mol. The van der Waals surface area contributed by atoms with Gasteiger partial charge in [-0.1, -0.05) is 42.5 Å². The molecule has 1 aliphatic heterocycles. The molecule has 0 fully saturated rings. The van der Waals surface area contributed by atoms with Crippen LogP contribution in [0.5, 0.6) is 5.75 Å². The molecule has 3 nitrogen and oxygen atoms in total. The molecule has 0 aromatic heterocycles. The van der Waals surface area contributed by atoms with Crippen LogP contribution in [0.15, 0.2) is 48.5 Å². The van der Waals surface area contributed by atoms with Gasteiger partial charge >= 0.3 is 5.97 Å². The van der Waals surface area contributed by atoms with E-state index in [-0.39, 0.29) is 6.61 Å². The largest absolute Gasteiger partial charge is 0.492 e. The smallest absolute Gasteiger partial charge is 0.313 e. The Hall–Kier alpha value is -2.29. The van der Waals surface area contributed by atoms with Crippen LogP contribution in [0, 0.1) is 12.3 Å². The predicted octanol–water partition coefficient (Wildman–Crippen LogP) is 3.24. The molecule has 2 aromatic carbocycles. The number of aliphatic carboxylic acids is 1. The maximum atomic E-state index is 11.9. The minimum absolute atomic E-state index is 0.216. The topological polar surface area (TPSA) is 46.5 Å². The van der Waals surface area contributed by atoms with Gasteiger partial charge in [0.25, 0.3) is 0 Å². The summed E-state index contributed by atoms with van der Waals surface area (Å²) in [5, 5.41) is 9.79. The summed E-state index contributed by atoms with van der Waals surface area (Å²) in [4.78, 5) is 11.9. The highest BCUT2D eigenvalue weighted by Crippen LogP contribution is 2.37. The lowest BCUT2D eigenvalue weighted by Gasteiger charge is -2.34. The summed E-state index contributed by atoms with van der Waals surface area (Å²) in [7, 11) is 0. The van der Waals surface area contributed by atoms with E-state index >= 15 is 0 Å². The lowest BCUT2D eigenvalue weighted by atomic mass is 9.75. The molecule has 1 atom stereocenters. The second-order valence-corrected chi connectivity index (χ2v) is 5.76. The van der Waals surface area contributed by atoms with E-state index in [1.807, 2.05) is 55.5 Å². The van der Waals surface area contributed by atoms with Gasteiger partial charge in [-0.15, -0.1) is 0 Å². The normalized spacial score (nSPS) is 20.4. The third-order valence-corrected chi connectivity index (χ3v) is 4.25. The number of hydrogen-bond donors (Lipinski definition) is 1. The minimum Gasteiger partial charge on any atom is -0.492 e. The van der Waals surface area contributed by atoms with Crippen LogP contribution in [0.4, 0.5) is 0 Å². The van der Waals surface area contributed by atoms with Gasteiger partial charge in [-0.05, 0) is 42.5 Å². The van der Waals surface area contributed by atoms with Crippen LogP contribution >= 0.6 is 0 Å². The van der Waals surface area contributed by atoms with Crippen molar-refractivity contribution in [2.24, 2.45) is 5.41 Å². The molecule has 2 aromatic rings. The molecule has 0 amide bonds. The zero-order valence-corrected chi connectivity index (χ0v) is 12.0. The SMILES string of the molecule is Cc1ccccc1CC1(C(=O)O)COc2ccccc2C1. The van der Waals surface area contributed by atoms with Crippen molar-refractivity contribution in [3.63, 3.8) is 0 Å².